The molecule has 0 aliphatic carbocycles. The molecule has 4 rings (SSSR count). The van der Waals surface area contributed by atoms with E-state index in [1.807, 2.05) is 43.3 Å². The number of amides is 1. The molecule has 3 aromatic rings. The summed E-state index contributed by atoms with van der Waals surface area (Å²) < 4.78 is 0. The number of hydrogen-bond donors (Lipinski definition) is 2. The van der Waals surface area contributed by atoms with Gasteiger partial charge in [0.25, 0.3) is 0 Å². The van der Waals surface area contributed by atoms with Gasteiger partial charge in [0.15, 0.2) is 0 Å². The average molecular weight is 321 g/mol. The zero-order valence-electron chi connectivity index (χ0n) is 13.4. The number of H-pyrrole nitrogens is 1. The summed E-state index contributed by atoms with van der Waals surface area (Å²) in [6.45, 7) is 3.58. The number of pyridine rings is 1. The van der Waals surface area contributed by atoms with E-state index in [9.17, 15) is 4.79 Å². The van der Waals surface area contributed by atoms with Crippen molar-refractivity contribution in [2.24, 2.45) is 0 Å². The fourth-order valence-corrected chi connectivity index (χ4v) is 3.00. The van der Waals surface area contributed by atoms with Crippen molar-refractivity contribution in [3.8, 4) is 0 Å². The van der Waals surface area contributed by atoms with Gasteiger partial charge in [0.05, 0.1) is 17.1 Å². The summed E-state index contributed by atoms with van der Waals surface area (Å²) in [6, 6.07) is 13.3. The number of nitrogens with one attached hydrogen (secondary N) is 2. The highest BCUT2D eigenvalue weighted by atomic mass is 16.2. The molecule has 0 bridgehead atoms. The van der Waals surface area contributed by atoms with E-state index in [1.165, 1.54) is 0 Å². The minimum absolute atomic E-state index is 0.0308. The number of benzene rings is 1. The van der Waals surface area contributed by atoms with Gasteiger partial charge in [-0.25, -0.2) is 9.97 Å². The van der Waals surface area contributed by atoms with Gasteiger partial charge in [-0.05, 0) is 31.2 Å². The largest absolute Gasteiger partial charge is 0.342 e. The first-order chi connectivity index (χ1) is 11.7. The molecule has 1 aliphatic heterocycles. The molecule has 1 fully saturated rings. The molecule has 1 amide bonds. The molecule has 122 valence electrons. The molecule has 3 heterocycles. The lowest BCUT2D eigenvalue weighted by Crippen LogP contribution is -2.54. The lowest BCUT2D eigenvalue weighted by Gasteiger charge is -2.41. The Kier molecular flexibility index (Phi) is 3.74. The molecule has 2 aromatic heterocycles. The maximum atomic E-state index is 12.3. The predicted molar refractivity (Wildman–Crippen MR) is 92.7 cm³/mol. The van der Waals surface area contributed by atoms with Crippen LogP contribution in [0.15, 0.2) is 48.7 Å². The number of carbonyl (C=O) groups is 1. The number of para-hydroxylation sites is 2. The number of carbonyl (C=O) groups excluding carboxylic acids is 1. The van der Waals surface area contributed by atoms with Gasteiger partial charge in [-0.3, -0.25) is 9.69 Å². The molecule has 1 aromatic carbocycles. The maximum Gasteiger partial charge on any atom is 0.242 e. The summed E-state index contributed by atoms with van der Waals surface area (Å²) in [7, 11) is 0. The highest BCUT2D eigenvalue weighted by Crippen LogP contribution is 2.28. The number of likely N-dealkylation sites (tertiary alicyclic amines) is 1. The number of nitrogens with zero attached hydrogens (tertiary/aromatic N) is 3. The number of hydrogen-bond acceptors (Lipinski definition) is 4. The summed E-state index contributed by atoms with van der Waals surface area (Å²) >= 11 is 0. The standard InChI is InChI=1S/C18H19N5O/c1-12(18(24)22-16-8-4-5-9-19-16)23-10-13(11-23)17-20-14-6-2-3-7-15(14)21-17/h2-9,12-13H,10-11H2,1H3,(H,20,21)(H,19,22,24)/t12-/m0/s1. The van der Waals surface area contributed by atoms with E-state index in [4.69, 9.17) is 0 Å². The molecular formula is C18H19N5O. The Labute approximate surface area is 139 Å². The zero-order valence-corrected chi connectivity index (χ0v) is 13.4. The second-order valence-corrected chi connectivity index (χ2v) is 6.17. The van der Waals surface area contributed by atoms with Crippen molar-refractivity contribution in [3.05, 3.63) is 54.5 Å². The highest BCUT2D eigenvalue weighted by Gasteiger charge is 2.36. The number of imidazole rings is 1. The molecule has 0 saturated carbocycles. The first kappa shape index (κ1) is 14.8. The van der Waals surface area contributed by atoms with Crippen LogP contribution in [0.1, 0.15) is 18.7 Å². The van der Waals surface area contributed by atoms with E-state index in [-0.39, 0.29) is 11.9 Å². The summed E-state index contributed by atoms with van der Waals surface area (Å²) in [6.07, 6.45) is 1.67. The molecule has 1 saturated heterocycles. The van der Waals surface area contributed by atoms with Crippen molar-refractivity contribution in [1.82, 2.24) is 19.9 Å². The van der Waals surface area contributed by atoms with Crippen LogP contribution in [-0.2, 0) is 4.79 Å². The van der Waals surface area contributed by atoms with Crippen LogP contribution >= 0.6 is 0 Å². The number of fused-ring (bicyclic) bond motifs is 1. The van der Waals surface area contributed by atoms with E-state index in [0.29, 0.717) is 11.7 Å². The lowest BCUT2D eigenvalue weighted by molar-refractivity contribution is -0.122. The summed E-state index contributed by atoms with van der Waals surface area (Å²) in [4.78, 5) is 26.6. The Hall–Kier alpha value is -2.73. The number of aromatic nitrogens is 3. The fourth-order valence-electron chi connectivity index (χ4n) is 3.00. The van der Waals surface area contributed by atoms with Crippen LogP contribution < -0.4 is 5.32 Å². The van der Waals surface area contributed by atoms with E-state index < -0.39 is 0 Å². The second-order valence-electron chi connectivity index (χ2n) is 6.17. The van der Waals surface area contributed by atoms with Crippen LogP contribution in [-0.4, -0.2) is 44.9 Å². The highest BCUT2D eigenvalue weighted by molar-refractivity contribution is 5.93. The molecule has 2 N–H and O–H groups in total. The van der Waals surface area contributed by atoms with Crippen molar-refractivity contribution in [3.63, 3.8) is 0 Å². The smallest absolute Gasteiger partial charge is 0.242 e. The van der Waals surface area contributed by atoms with Gasteiger partial charge in [0.1, 0.15) is 11.6 Å². The first-order valence-electron chi connectivity index (χ1n) is 8.11. The van der Waals surface area contributed by atoms with Crippen LogP contribution in [0.5, 0.6) is 0 Å². The minimum Gasteiger partial charge on any atom is -0.342 e. The van der Waals surface area contributed by atoms with Crippen LogP contribution in [0.25, 0.3) is 11.0 Å². The predicted octanol–water partition coefficient (Wildman–Crippen LogP) is 2.38. The molecular weight excluding hydrogens is 302 g/mol. The lowest BCUT2D eigenvalue weighted by atomic mass is 9.97. The zero-order chi connectivity index (χ0) is 16.5. The SMILES string of the molecule is C[C@@H](C(=O)Nc1ccccn1)N1CC(c2nc3ccccc3[nH]2)C1. The van der Waals surface area contributed by atoms with Gasteiger partial charge >= 0.3 is 0 Å². The molecule has 6 nitrogen and oxygen atoms in total. The van der Waals surface area contributed by atoms with Gasteiger partial charge in [0.2, 0.25) is 5.91 Å². The Morgan fingerprint density at radius 3 is 2.79 bits per heavy atom. The van der Waals surface area contributed by atoms with Crippen LogP contribution in [0, 0.1) is 0 Å². The number of aromatic amines is 1. The quantitative estimate of drug-likeness (QED) is 0.774. The van der Waals surface area contributed by atoms with E-state index in [0.717, 1.165) is 29.9 Å². The Morgan fingerprint density at radius 2 is 2.04 bits per heavy atom. The summed E-state index contributed by atoms with van der Waals surface area (Å²) in [5, 5.41) is 2.85. The van der Waals surface area contributed by atoms with E-state index in [2.05, 4.69) is 25.2 Å². The summed E-state index contributed by atoms with van der Waals surface area (Å²) in [5.41, 5.74) is 2.05. The van der Waals surface area contributed by atoms with Gasteiger partial charge in [-0.2, -0.15) is 0 Å². The Morgan fingerprint density at radius 1 is 1.25 bits per heavy atom. The Bertz CT molecular complexity index is 821. The van der Waals surface area contributed by atoms with Gasteiger partial charge in [-0.1, -0.05) is 18.2 Å². The normalized spacial score (nSPS) is 16.7. The second kappa shape index (κ2) is 6.05. The fraction of sp³-hybridized carbons (Fsp3) is 0.278. The third-order valence-electron chi connectivity index (χ3n) is 4.55. The van der Waals surface area contributed by atoms with Gasteiger partial charge in [0, 0.05) is 25.2 Å². The van der Waals surface area contributed by atoms with Crippen LogP contribution in [0.2, 0.25) is 0 Å². The van der Waals surface area contributed by atoms with E-state index in [1.54, 1.807) is 12.3 Å². The van der Waals surface area contributed by atoms with Crippen molar-refractivity contribution >= 4 is 22.8 Å². The first-order valence-corrected chi connectivity index (χ1v) is 8.11. The molecule has 0 radical (unpaired) electrons. The van der Waals surface area contributed by atoms with Crippen molar-refractivity contribution in [2.45, 2.75) is 18.9 Å². The molecule has 0 unspecified atom stereocenters. The van der Waals surface area contributed by atoms with Crippen LogP contribution in [0.4, 0.5) is 5.82 Å². The molecule has 1 aliphatic rings. The molecule has 1 atom stereocenters. The monoisotopic (exact) mass is 321 g/mol. The van der Waals surface area contributed by atoms with Gasteiger partial charge < -0.3 is 10.3 Å². The van der Waals surface area contributed by atoms with Crippen molar-refractivity contribution in [2.75, 3.05) is 18.4 Å². The minimum atomic E-state index is -0.187. The average Bonchev–Trinajstić information content (AvgIpc) is 2.97. The van der Waals surface area contributed by atoms with Gasteiger partial charge in [-0.15, -0.1) is 0 Å². The molecule has 0 spiro atoms. The third-order valence-corrected chi connectivity index (χ3v) is 4.55. The number of anilines is 1. The maximum absolute atomic E-state index is 12.3. The third kappa shape index (κ3) is 2.76. The Balaban J connectivity index is 1.37. The molecule has 24 heavy (non-hydrogen) atoms. The molecule has 6 heteroatoms. The van der Waals surface area contributed by atoms with E-state index >= 15 is 0 Å². The van der Waals surface area contributed by atoms with Crippen molar-refractivity contribution in [1.29, 1.82) is 0 Å². The van der Waals surface area contributed by atoms with Crippen LogP contribution in [0.3, 0.4) is 0 Å². The summed E-state index contributed by atoms with van der Waals surface area (Å²) in [5.74, 6) is 1.91. The topological polar surface area (TPSA) is 73.9 Å². The van der Waals surface area contributed by atoms with Crippen molar-refractivity contribution < 1.29 is 4.79 Å². The number of rotatable bonds is 4.